The number of hydrogen-bond acceptors (Lipinski definition) is 6. The van der Waals surface area contributed by atoms with Gasteiger partial charge in [-0.1, -0.05) is 24.8 Å². The lowest BCUT2D eigenvalue weighted by molar-refractivity contribution is -0.180. The maximum absolute atomic E-state index is 12.0. The van der Waals surface area contributed by atoms with Gasteiger partial charge in [0, 0.05) is 6.42 Å². The second kappa shape index (κ2) is 6.69. The Morgan fingerprint density at radius 3 is 1.40 bits per heavy atom. The Balaban J connectivity index is 5.88. The fourth-order valence-corrected chi connectivity index (χ4v) is 2.37. The van der Waals surface area contributed by atoms with Gasteiger partial charge < -0.3 is 14.2 Å². The number of hydrogen-bond donors (Lipinski definition) is 0. The minimum absolute atomic E-state index is 0.172. The largest absolute Gasteiger partial charge is 0.468 e. The van der Waals surface area contributed by atoms with E-state index in [2.05, 4.69) is 20.8 Å². The van der Waals surface area contributed by atoms with E-state index in [-0.39, 0.29) is 6.42 Å². The Hall–Kier alpha value is -1.63. The van der Waals surface area contributed by atoms with Crippen LogP contribution in [0.2, 0.25) is 19.6 Å². The van der Waals surface area contributed by atoms with Crippen LogP contribution in [0.5, 0.6) is 0 Å². The molecule has 0 aliphatic heterocycles. The summed E-state index contributed by atoms with van der Waals surface area (Å²) in [5, 5.41) is 0.665. The molecule has 0 atom stereocenters. The summed E-state index contributed by atoms with van der Waals surface area (Å²) in [5.74, 6) is -3.01. The van der Waals surface area contributed by atoms with Crippen LogP contribution >= 0.6 is 0 Å². The van der Waals surface area contributed by atoms with Gasteiger partial charge in [0.25, 0.3) is 5.41 Å². The number of rotatable bonds is 6. The van der Waals surface area contributed by atoms with Crippen molar-refractivity contribution in [3.8, 4) is 0 Å². The van der Waals surface area contributed by atoms with Gasteiger partial charge in [0.05, 0.1) is 29.4 Å². The van der Waals surface area contributed by atoms with Gasteiger partial charge in [0.15, 0.2) is 0 Å². The van der Waals surface area contributed by atoms with Crippen LogP contribution in [0.4, 0.5) is 0 Å². The Morgan fingerprint density at radius 1 is 0.900 bits per heavy atom. The number of ether oxygens (including phenoxy) is 3. The third kappa shape index (κ3) is 3.47. The summed E-state index contributed by atoms with van der Waals surface area (Å²) in [6.07, 6.45) is -0.172. The molecule has 0 aliphatic rings. The fraction of sp³-hybridized carbons (Fsp3) is 0.615. The molecule has 0 aliphatic carbocycles. The minimum atomic E-state index is -2.14. The quantitative estimate of drug-likeness (QED) is 0.319. The molecule has 7 heteroatoms. The summed E-state index contributed by atoms with van der Waals surface area (Å²) in [5.41, 5.74) is -2.14. The molecule has 0 fully saturated rings. The van der Waals surface area contributed by atoms with Gasteiger partial charge in [-0.15, -0.1) is 6.58 Å². The van der Waals surface area contributed by atoms with Crippen LogP contribution in [-0.4, -0.2) is 47.3 Å². The van der Waals surface area contributed by atoms with E-state index in [9.17, 15) is 14.4 Å². The predicted octanol–water partition coefficient (Wildman–Crippen LogP) is 1.32. The van der Waals surface area contributed by atoms with E-state index >= 15 is 0 Å². The second-order valence-corrected chi connectivity index (χ2v) is 10.6. The number of esters is 3. The molecule has 0 rings (SSSR count). The van der Waals surface area contributed by atoms with E-state index in [0.717, 1.165) is 21.3 Å². The summed E-state index contributed by atoms with van der Waals surface area (Å²) in [6.45, 7) is 9.88. The molecule has 0 aromatic carbocycles. The first-order chi connectivity index (χ1) is 9.07. The number of carbonyl (C=O) groups is 3. The van der Waals surface area contributed by atoms with Gasteiger partial charge >= 0.3 is 17.9 Å². The van der Waals surface area contributed by atoms with E-state index in [4.69, 9.17) is 0 Å². The molecule has 0 amide bonds. The zero-order valence-electron chi connectivity index (χ0n) is 12.9. The Morgan fingerprint density at radius 2 is 1.20 bits per heavy atom. The van der Waals surface area contributed by atoms with Crippen molar-refractivity contribution < 1.29 is 28.6 Å². The van der Waals surface area contributed by atoms with Gasteiger partial charge in [-0.3, -0.25) is 14.4 Å². The number of allylic oxidation sites excluding steroid dienone is 1. The fourth-order valence-electron chi connectivity index (χ4n) is 1.57. The zero-order valence-corrected chi connectivity index (χ0v) is 13.9. The van der Waals surface area contributed by atoms with Crippen molar-refractivity contribution >= 4 is 26.0 Å². The highest BCUT2D eigenvalue weighted by atomic mass is 28.3. The Labute approximate surface area is 120 Å². The summed E-state index contributed by atoms with van der Waals surface area (Å²) in [4.78, 5) is 36.1. The van der Waals surface area contributed by atoms with Crippen molar-refractivity contribution in [2.24, 2.45) is 5.41 Å². The third-order valence-electron chi connectivity index (χ3n) is 3.14. The normalized spacial score (nSPS) is 11.5. The van der Waals surface area contributed by atoms with Gasteiger partial charge in [-0.25, -0.2) is 0 Å². The van der Waals surface area contributed by atoms with Crippen molar-refractivity contribution in [2.75, 3.05) is 21.3 Å². The summed E-state index contributed by atoms with van der Waals surface area (Å²) < 4.78 is 13.8. The van der Waals surface area contributed by atoms with Crippen LogP contribution in [0.3, 0.4) is 0 Å². The third-order valence-corrected chi connectivity index (χ3v) is 5.44. The first-order valence-corrected chi connectivity index (χ1v) is 9.51. The minimum Gasteiger partial charge on any atom is -0.468 e. The Kier molecular flexibility index (Phi) is 6.15. The van der Waals surface area contributed by atoms with Crippen LogP contribution in [-0.2, 0) is 28.6 Å². The molecule has 0 bridgehead atoms. The monoisotopic (exact) mass is 302 g/mol. The van der Waals surface area contributed by atoms with Crippen LogP contribution < -0.4 is 0 Å². The standard InChI is InChI=1S/C13H22O6Si/c1-9(20(5,6)7)8-13(10(14)17-2,11(15)18-3)12(16)19-4/h1,8H2,2-7H3. The molecule has 0 aromatic heterocycles. The first-order valence-electron chi connectivity index (χ1n) is 6.01. The molecular weight excluding hydrogens is 280 g/mol. The SMILES string of the molecule is C=C(CC(C(=O)OC)(C(=O)OC)C(=O)OC)[Si](C)(C)C. The molecular formula is C13H22O6Si. The van der Waals surface area contributed by atoms with E-state index < -0.39 is 31.4 Å². The highest BCUT2D eigenvalue weighted by Crippen LogP contribution is 2.34. The van der Waals surface area contributed by atoms with E-state index in [0.29, 0.717) is 5.20 Å². The molecule has 0 unspecified atom stereocenters. The maximum atomic E-state index is 12.0. The molecule has 0 saturated heterocycles. The van der Waals surface area contributed by atoms with E-state index in [1.807, 2.05) is 19.6 Å². The van der Waals surface area contributed by atoms with E-state index in [1.54, 1.807) is 0 Å². The first kappa shape index (κ1) is 18.4. The van der Waals surface area contributed by atoms with Crippen LogP contribution in [0, 0.1) is 5.41 Å². The molecule has 0 radical (unpaired) electrons. The van der Waals surface area contributed by atoms with Crippen molar-refractivity contribution in [1.29, 1.82) is 0 Å². The van der Waals surface area contributed by atoms with Gasteiger partial charge in [-0.2, -0.15) is 0 Å². The Bertz CT molecular complexity index is 380. The molecule has 114 valence electrons. The van der Waals surface area contributed by atoms with Crippen molar-refractivity contribution in [1.82, 2.24) is 0 Å². The highest BCUT2D eigenvalue weighted by molar-refractivity contribution is 6.83. The molecule has 0 spiro atoms. The molecule has 6 nitrogen and oxygen atoms in total. The highest BCUT2D eigenvalue weighted by Gasteiger charge is 2.57. The number of methoxy groups -OCH3 is 3. The molecule has 0 saturated carbocycles. The molecule has 0 aromatic rings. The topological polar surface area (TPSA) is 78.9 Å². The molecule has 0 heterocycles. The van der Waals surface area contributed by atoms with Crippen LogP contribution in [0.1, 0.15) is 6.42 Å². The lowest BCUT2D eigenvalue weighted by atomic mass is 9.84. The summed E-state index contributed by atoms with van der Waals surface area (Å²) >= 11 is 0. The maximum Gasteiger partial charge on any atom is 0.335 e. The van der Waals surface area contributed by atoms with Crippen molar-refractivity contribution in [3.05, 3.63) is 11.8 Å². The lowest BCUT2D eigenvalue weighted by Gasteiger charge is -2.29. The van der Waals surface area contributed by atoms with Crippen molar-refractivity contribution in [2.45, 2.75) is 26.1 Å². The number of carbonyl (C=O) groups excluding carboxylic acids is 3. The average molecular weight is 302 g/mol. The van der Waals surface area contributed by atoms with Gasteiger partial charge in [-0.05, 0) is 0 Å². The zero-order chi connectivity index (χ0) is 16.1. The molecule has 0 N–H and O–H groups in total. The average Bonchev–Trinajstić information content (AvgIpc) is 2.40. The molecule has 20 heavy (non-hydrogen) atoms. The van der Waals surface area contributed by atoms with Crippen molar-refractivity contribution in [3.63, 3.8) is 0 Å². The van der Waals surface area contributed by atoms with Gasteiger partial charge in [0.2, 0.25) is 0 Å². The smallest absolute Gasteiger partial charge is 0.335 e. The lowest BCUT2D eigenvalue weighted by Crippen LogP contribution is -2.50. The summed E-state index contributed by atoms with van der Waals surface area (Å²) in [6, 6.07) is 0. The van der Waals surface area contributed by atoms with Crippen LogP contribution in [0.15, 0.2) is 11.8 Å². The van der Waals surface area contributed by atoms with E-state index in [1.165, 1.54) is 0 Å². The van der Waals surface area contributed by atoms with Gasteiger partial charge in [0.1, 0.15) is 0 Å². The predicted molar refractivity (Wildman–Crippen MR) is 75.6 cm³/mol. The summed E-state index contributed by atoms with van der Waals surface area (Å²) in [7, 11) is 1.43. The van der Waals surface area contributed by atoms with Crippen LogP contribution in [0.25, 0.3) is 0 Å². The second-order valence-electron chi connectivity index (χ2n) is 5.41.